The summed E-state index contributed by atoms with van der Waals surface area (Å²) in [5.41, 5.74) is -0.423. The molecule has 0 unspecified atom stereocenters. The first kappa shape index (κ1) is 13.0. The first-order valence-corrected chi connectivity index (χ1v) is 5.28. The highest BCUT2D eigenvalue weighted by atomic mass is 16.6. The van der Waals surface area contributed by atoms with Gasteiger partial charge in [0.25, 0.3) is 5.69 Å². The number of hydrogen-bond acceptors (Lipinski definition) is 6. The maximum Gasteiger partial charge on any atom is 0.281 e. The number of nitriles is 2. The van der Waals surface area contributed by atoms with Crippen LogP contribution < -0.4 is 0 Å². The van der Waals surface area contributed by atoms with Gasteiger partial charge in [-0.1, -0.05) is 0 Å². The van der Waals surface area contributed by atoms with Gasteiger partial charge in [0.15, 0.2) is 12.0 Å². The van der Waals surface area contributed by atoms with E-state index in [9.17, 15) is 14.9 Å². The second kappa shape index (κ2) is 5.04. The van der Waals surface area contributed by atoms with Gasteiger partial charge in [0.2, 0.25) is 0 Å². The Morgan fingerprint density at radius 2 is 1.85 bits per heavy atom. The molecule has 0 aliphatic carbocycles. The number of furan rings is 1. The first-order valence-electron chi connectivity index (χ1n) is 5.28. The SMILES string of the molecule is N#Cc1cc(-c2ccc(C=O)o2)c([N+](=O)[O-])cc1C#N. The number of nitro benzene ring substituents is 1. The van der Waals surface area contributed by atoms with Gasteiger partial charge >= 0.3 is 0 Å². The second-order valence-electron chi connectivity index (χ2n) is 3.72. The standard InChI is InChI=1S/C13H5N3O4/c14-5-8-3-11(13-2-1-10(7-17)20-13)12(16(18)19)4-9(8)6-15/h1-4,7H. The molecular formula is C13H5N3O4. The quantitative estimate of drug-likeness (QED) is 0.478. The van der Waals surface area contributed by atoms with E-state index in [4.69, 9.17) is 14.9 Å². The lowest BCUT2D eigenvalue weighted by Gasteiger charge is -2.02. The molecule has 0 saturated heterocycles. The fourth-order valence-electron chi connectivity index (χ4n) is 1.68. The molecule has 1 heterocycles. The average Bonchev–Trinajstić information content (AvgIpc) is 2.94. The molecule has 96 valence electrons. The molecule has 0 N–H and O–H groups in total. The van der Waals surface area contributed by atoms with Gasteiger partial charge in [0, 0.05) is 6.07 Å². The number of aldehydes is 1. The molecule has 7 nitrogen and oxygen atoms in total. The molecule has 1 aromatic heterocycles. The molecule has 0 atom stereocenters. The minimum atomic E-state index is -0.680. The summed E-state index contributed by atoms with van der Waals surface area (Å²) in [4.78, 5) is 20.9. The Balaban J connectivity index is 2.74. The third-order valence-corrected chi connectivity index (χ3v) is 2.58. The normalized spacial score (nSPS) is 9.50. The topological polar surface area (TPSA) is 121 Å². The van der Waals surface area contributed by atoms with Crippen LogP contribution in [-0.4, -0.2) is 11.2 Å². The second-order valence-corrected chi connectivity index (χ2v) is 3.72. The number of benzene rings is 1. The van der Waals surface area contributed by atoms with E-state index in [1.165, 1.54) is 18.2 Å². The van der Waals surface area contributed by atoms with Crippen molar-refractivity contribution in [2.24, 2.45) is 0 Å². The van der Waals surface area contributed by atoms with Crippen LogP contribution in [0.2, 0.25) is 0 Å². The Kier molecular flexibility index (Phi) is 3.28. The van der Waals surface area contributed by atoms with Crippen molar-refractivity contribution >= 4 is 12.0 Å². The number of hydrogen-bond donors (Lipinski definition) is 0. The molecule has 0 aliphatic heterocycles. The van der Waals surface area contributed by atoms with Crippen LogP contribution in [0.4, 0.5) is 5.69 Å². The fraction of sp³-hybridized carbons (Fsp3) is 0. The van der Waals surface area contributed by atoms with Gasteiger partial charge < -0.3 is 4.42 Å². The van der Waals surface area contributed by atoms with Gasteiger partial charge in [-0.15, -0.1) is 0 Å². The lowest BCUT2D eigenvalue weighted by atomic mass is 10.0. The van der Waals surface area contributed by atoms with Crippen molar-refractivity contribution in [2.45, 2.75) is 0 Å². The van der Waals surface area contributed by atoms with Crippen molar-refractivity contribution in [2.75, 3.05) is 0 Å². The third-order valence-electron chi connectivity index (χ3n) is 2.58. The number of rotatable bonds is 3. The molecule has 0 bridgehead atoms. The molecule has 1 aromatic carbocycles. The molecule has 0 spiro atoms. The summed E-state index contributed by atoms with van der Waals surface area (Å²) < 4.78 is 5.12. The lowest BCUT2D eigenvalue weighted by molar-refractivity contribution is -0.384. The number of carbonyl (C=O) groups excluding carboxylic acids is 1. The van der Waals surface area contributed by atoms with Crippen LogP contribution in [0, 0.1) is 32.8 Å². The maximum absolute atomic E-state index is 11.0. The summed E-state index contributed by atoms with van der Waals surface area (Å²) in [5, 5.41) is 28.9. The highest BCUT2D eigenvalue weighted by Crippen LogP contribution is 2.33. The third kappa shape index (κ3) is 2.11. The summed E-state index contributed by atoms with van der Waals surface area (Å²) >= 11 is 0. The van der Waals surface area contributed by atoms with Gasteiger partial charge in [-0.3, -0.25) is 14.9 Å². The molecule has 7 heteroatoms. The predicted octanol–water partition coefficient (Wildman–Crippen LogP) is 2.41. The van der Waals surface area contributed by atoms with Gasteiger partial charge in [-0.25, -0.2) is 0 Å². The molecule has 2 rings (SSSR count). The van der Waals surface area contributed by atoms with Crippen molar-refractivity contribution in [3.63, 3.8) is 0 Å². The van der Waals surface area contributed by atoms with Crippen LogP contribution in [0.5, 0.6) is 0 Å². The largest absolute Gasteiger partial charge is 0.453 e. The predicted molar refractivity (Wildman–Crippen MR) is 65.6 cm³/mol. The minimum Gasteiger partial charge on any atom is -0.453 e. The molecule has 2 aromatic rings. The van der Waals surface area contributed by atoms with Crippen molar-refractivity contribution in [1.29, 1.82) is 10.5 Å². The maximum atomic E-state index is 11.0. The molecule has 0 fully saturated rings. The van der Waals surface area contributed by atoms with E-state index >= 15 is 0 Å². The van der Waals surface area contributed by atoms with Crippen LogP contribution in [-0.2, 0) is 0 Å². The van der Waals surface area contributed by atoms with Crippen LogP contribution in [0.15, 0.2) is 28.7 Å². The summed E-state index contributed by atoms with van der Waals surface area (Å²) in [6, 6.07) is 8.47. The summed E-state index contributed by atoms with van der Waals surface area (Å²) in [6.45, 7) is 0. The van der Waals surface area contributed by atoms with E-state index in [0.29, 0.717) is 6.29 Å². The first-order chi connectivity index (χ1) is 9.60. The number of nitrogens with zero attached hydrogens (tertiary/aromatic N) is 3. The Morgan fingerprint density at radius 3 is 2.35 bits per heavy atom. The van der Waals surface area contributed by atoms with E-state index in [1.807, 2.05) is 0 Å². The summed E-state index contributed by atoms with van der Waals surface area (Å²) in [7, 11) is 0. The van der Waals surface area contributed by atoms with Crippen molar-refractivity contribution < 1.29 is 14.1 Å². The molecule has 0 radical (unpaired) electrons. The van der Waals surface area contributed by atoms with Gasteiger partial charge in [0.05, 0.1) is 21.6 Å². The molecule has 0 aliphatic rings. The highest BCUT2D eigenvalue weighted by molar-refractivity contribution is 5.77. The van der Waals surface area contributed by atoms with Crippen molar-refractivity contribution in [3.05, 3.63) is 51.3 Å². The Hall–Kier alpha value is -3.45. The molecule has 0 amide bonds. The van der Waals surface area contributed by atoms with Crippen LogP contribution in [0.3, 0.4) is 0 Å². The monoisotopic (exact) mass is 267 g/mol. The van der Waals surface area contributed by atoms with E-state index in [2.05, 4.69) is 0 Å². The van der Waals surface area contributed by atoms with E-state index in [1.54, 1.807) is 12.1 Å². The summed E-state index contributed by atoms with van der Waals surface area (Å²) in [6.07, 6.45) is 0.462. The average molecular weight is 267 g/mol. The highest BCUT2D eigenvalue weighted by Gasteiger charge is 2.21. The van der Waals surface area contributed by atoms with Gasteiger partial charge in [-0.05, 0) is 18.2 Å². The zero-order valence-electron chi connectivity index (χ0n) is 9.86. The van der Waals surface area contributed by atoms with Crippen LogP contribution in [0.25, 0.3) is 11.3 Å². The zero-order valence-corrected chi connectivity index (χ0v) is 9.86. The Bertz CT molecular complexity index is 793. The molecular weight excluding hydrogens is 262 g/mol. The smallest absolute Gasteiger partial charge is 0.281 e. The van der Waals surface area contributed by atoms with E-state index in [0.717, 1.165) is 6.07 Å². The Morgan fingerprint density at radius 1 is 1.20 bits per heavy atom. The summed E-state index contributed by atoms with van der Waals surface area (Å²) in [5.74, 6) is 0.0944. The van der Waals surface area contributed by atoms with E-state index < -0.39 is 4.92 Å². The van der Waals surface area contributed by atoms with Gasteiger partial charge in [-0.2, -0.15) is 10.5 Å². The van der Waals surface area contributed by atoms with Crippen LogP contribution in [0.1, 0.15) is 21.7 Å². The van der Waals surface area contributed by atoms with Crippen molar-refractivity contribution in [3.8, 4) is 23.5 Å². The zero-order chi connectivity index (χ0) is 14.7. The van der Waals surface area contributed by atoms with Gasteiger partial charge in [0.1, 0.15) is 17.9 Å². The van der Waals surface area contributed by atoms with Crippen LogP contribution >= 0.6 is 0 Å². The molecule has 0 saturated carbocycles. The fourth-order valence-corrected chi connectivity index (χ4v) is 1.68. The van der Waals surface area contributed by atoms with E-state index in [-0.39, 0.29) is 33.9 Å². The van der Waals surface area contributed by atoms with Crippen molar-refractivity contribution in [1.82, 2.24) is 0 Å². The minimum absolute atomic E-state index is 0.00264. The lowest BCUT2D eigenvalue weighted by Crippen LogP contribution is -1.95. The number of carbonyl (C=O) groups is 1. The molecule has 20 heavy (non-hydrogen) atoms. The number of nitro groups is 1. The Labute approximate surface area is 112 Å².